The van der Waals surface area contributed by atoms with E-state index in [1.165, 1.54) is 5.56 Å². The van der Waals surface area contributed by atoms with Crippen molar-refractivity contribution in [3.63, 3.8) is 0 Å². The fourth-order valence-electron chi connectivity index (χ4n) is 4.05. The van der Waals surface area contributed by atoms with Crippen molar-refractivity contribution in [2.24, 2.45) is 11.7 Å². The van der Waals surface area contributed by atoms with Crippen LogP contribution >= 0.6 is 15.9 Å². The average Bonchev–Trinajstić information content (AvgIpc) is 2.99. The zero-order valence-electron chi connectivity index (χ0n) is 14.1. The maximum atomic E-state index is 12.4. The monoisotopic (exact) mass is 394 g/mol. The van der Waals surface area contributed by atoms with Crippen molar-refractivity contribution in [1.29, 1.82) is 0 Å². The number of nitrogens with two attached hydrogens (primary N) is 1. The first-order valence-electron chi connectivity index (χ1n) is 8.95. The van der Waals surface area contributed by atoms with Gasteiger partial charge >= 0.3 is 0 Å². The third kappa shape index (κ3) is 4.19. The number of carbonyl (C=O) groups is 1. The lowest BCUT2D eigenvalue weighted by Gasteiger charge is -2.38. The second kappa shape index (κ2) is 7.98. The Hall–Kier alpha value is -0.910. The van der Waals surface area contributed by atoms with Gasteiger partial charge in [0.05, 0.1) is 0 Å². The SMILES string of the molecule is N[C@@H]1CCC[C@H]1CC(=O)NCC1(c2cccc(Br)c2)CCOCC1. The van der Waals surface area contributed by atoms with E-state index in [2.05, 4.69) is 39.4 Å². The normalized spacial score (nSPS) is 26.2. The van der Waals surface area contributed by atoms with Crippen molar-refractivity contribution in [3.8, 4) is 0 Å². The molecule has 5 heteroatoms. The Morgan fingerprint density at radius 3 is 2.79 bits per heavy atom. The molecule has 0 bridgehead atoms. The lowest BCUT2D eigenvalue weighted by Crippen LogP contribution is -2.45. The number of amides is 1. The minimum Gasteiger partial charge on any atom is -0.381 e. The molecule has 0 radical (unpaired) electrons. The molecule has 24 heavy (non-hydrogen) atoms. The van der Waals surface area contributed by atoms with Crippen LogP contribution in [-0.2, 0) is 14.9 Å². The van der Waals surface area contributed by atoms with Gasteiger partial charge in [0.15, 0.2) is 0 Å². The third-order valence-electron chi connectivity index (χ3n) is 5.68. The van der Waals surface area contributed by atoms with E-state index >= 15 is 0 Å². The van der Waals surface area contributed by atoms with Gasteiger partial charge in [0.1, 0.15) is 0 Å². The molecule has 132 valence electrons. The highest BCUT2D eigenvalue weighted by Gasteiger charge is 2.35. The van der Waals surface area contributed by atoms with Gasteiger partial charge in [-0.1, -0.05) is 34.5 Å². The first kappa shape index (κ1) is 17.9. The van der Waals surface area contributed by atoms with Crippen LogP contribution in [0, 0.1) is 5.92 Å². The Morgan fingerprint density at radius 2 is 2.12 bits per heavy atom. The molecule has 3 rings (SSSR count). The van der Waals surface area contributed by atoms with Crippen molar-refractivity contribution in [3.05, 3.63) is 34.3 Å². The van der Waals surface area contributed by atoms with E-state index in [1.807, 2.05) is 6.07 Å². The van der Waals surface area contributed by atoms with Crippen LogP contribution in [-0.4, -0.2) is 31.7 Å². The van der Waals surface area contributed by atoms with E-state index in [-0.39, 0.29) is 17.4 Å². The second-order valence-electron chi connectivity index (χ2n) is 7.24. The van der Waals surface area contributed by atoms with E-state index in [0.29, 0.717) is 18.9 Å². The lowest BCUT2D eigenvalue weighted by atomic mass is 9.74. The van der Waals surface area contributed by atoms with Crippen molar-refractivity contribution in [1.82, 2.24) is 5.32 Å². The maximum absolute atomic E-state index is 12.4. The van der Waals surface area contributed by atoms with Crippen LogP contribution in [0.4, 0.5) is 0 Å². The number of rotatable bonds is 5. The summed E-state index contributed by atoms with van der Waals surface area (Å²) in [5, 5.41) is 3.19. The van der Waals surface area contributed by atoms with E-state index < -0.39 is 0 Å². The number of carbonyl (C=O) groups excluding carboxylic acids is 1. The van der Waals surface area contributed by atoms with Gasteiger partial charge in [0.2, 0.25) is 5.91 Å². The first-order chi connectivity index (χ1) is 11.6. The van der Waals surface area contributed by atoms with E-state index in [9.17, 15) is 4.79 Å². The molecular weight excluding hydrogens is 368 g/mol. The molecule has 1 aromatic carbocycles. The van der Waals surface area contributed by atoms with Crippen LogP contribution in [0.1, 0.15) is 44.1 Å². The van der Waals surface area contributed by atoms with Crippen LogP contribution in [0.25, 0.3) is 0 Å². The summed E-state index contributed by atoms with van der Waals surface area (Å²) in [6.07, 6.45) is 5.72. The molecule has 4 nitrogen and oxygen atoms in total. The summed E-state index contributed by atoms with van der Waals surface area (Å²) < 4.78 is 6.64. The number of hydrogen-bond donors (Lipinski definition) is 2. The molecule has 1 saturated heterocycles. The average molecular weight is 395 g/mol. The van der Waals surface area contributed by atoms with E-state index in [0.717, 1.165) is 49.8 Å². The van der Waals surface area contributed by atoms with Crippen molar-refractivity contribution in [2.45, 2.75) is 50.0 Å². The maximum Gasteiger partial charge on any atom is 0.220 e. The van der Waals surface area contributed by atoms with Crippen LogP contribution in [0.2, 0.25) is 0 Å². The highest BCUT2D eigenvalue weighted by molar-refractivity contribution is 9.10. The molecule has 0 spiro atoms. The Labute approximate surface area is 152 Å². The fourth-order valence-corrected chi connectivity index (χ4v) is 4.44. The zero-order chi connectivity index (χ0) is 17.0. The Bertz CT molecular complexity index is 572. The molecule has 1 aliphatic heterocycles. The quantitative estimate of drug-likeness (QED) is 0.805. The van der Waals surface area contributed by atoms with Gasteiger partial charge < -0.3 is 15.8 Å². The molecule has 1 heterocycles. The summed E-state index contributed by atoms with van der Waals surface area (Å²) >= 11 is 3.57. The van der Waals surface area contributed by atoms with Crippen molar-refractivity contribution >= 4 is 21.8 Å². The van der Waals surface area contributed by atoms with Crippen molar-refractivity contribution in [2.75, 3.05) is 19.8 Å². The van der Waals surface area contributed by atoms with E-state index in [4.69, 9.17) is 10.5 Å². The van der Waals surface area contributed by atoms with E-state index in [1.54, 1.807) is 0 Å². The Kier molecular flexibility index (Phi) is 5.95. The van der Waals surface area contributed by atoms with Crippen LogP contribution in [0.15, 0.2) is 28.7 Å². The molecule has 2 atom stereocenters. The number of benzene rings is 1. The number of halogens is 1. The lowest BCUT2D eigenvalue weighted by molar-refractivity contribution is -0.122. The van der Waals surface area contributed by atoms with Gasteiger partial charge in [-0.3, -0.25) is 4.79 Å². The highest BCUT2D eigenvalue weighted by Crippen LogP contribution is 2.35. The van der Waals surface area contributed by atoms with Gasteiger partial charge in [-0.15, -0.1) is 0 Å². The summed E-state index contributed by atoms with van der Waals surface area (Å²) in [6, 6.07) is 8.63. The number of ether oxygens (including phenoxy) is 1. The fraction of sp³-hybridized carbons (Fsp3) is 0.632. The minimum absolute atomic E-state index is 0.0323. The van der Waals surface area contributed by atoms with Gasteiger partial charge in [-0.05, 0) is 49.3 Å². The summed E-state index contributed by atoms with van der Waals surface area (Å²) in [6.45, 7) is 2.17. The molecule has 2 fully saturated rings. The van der Waals surface area contributed by atoms with Crippen LogP contribution < -0.4 is 11.1 Å². The standard InChI is InChI=1S/C19H27BrN2O2/c20-16-5-2-4-15(12-16)19(7-9-24-10-8-19)13-22-18(23)11-14-3-1-6-17(14)21/h2,4-5,12,14,17H,1,3,6-11,13,21H2,(H,22,23)/t14-,17+/m0/s1. The highest BCUT2D eigenvalue weighted by atomic mass is 79.9. The summed E-state index contributed by atoms with van der Waals surface area (Å²) in [4.78, 5) is 12.4. The molecule has 0 unspecified atom stereocenters. The molecule has 1 aliphatic carbocycles. The molecular formula is C19H27BrN2O2. The van der Waals surface area contributed by atoms with Gasteiger partial charge in [0, 0.05) is 42.1 Å². The third-order valence-corrected chi connectivity index (χ3v) is 6.17. The Morgan fingerprint density at radius 1 is 1.33 bits per heavy atom. The van der Waals surface area contributed by atoms with Gasteiger partial charge in [0.25, 0.3) is 0 Å². The molecule has 1 saturated carbocycles. The van der Waals surface area contributed by atoms with Gasteiger partial charge in [-0.2, -0.15) is 0 Å². The first-order valence-corrected chi connectivity index (χ1v) is 9.74. The molecule has 0 aromatic heterocycles. The minimum atomic E-state index is -0.0323. The van der Waals surface area contributed by atoms with Crippen LogP contribution in [0.3, 0.4) is 0 Å². The smallest absolute Gasteiger partial charge is 0.220 e. The largest absolute Gasteiger partial charge is 0.381 e. The number of hydrogen-bond acceptors (Lipinski definition) is 3. The molecule has 1 aromatic rings. The zero-order valence-corrected chi connectivity index (χ0v) is 15.7. The summed E-state index contributed by atoms with van der Waals surface area (Å²) in [5.41, 5.74) is 7.34. The second-order valence-corrected chi connectivity index (χ2v) is 8.15. The van der Waals surface area contributed by atoms with Gasteiger partial charge in [-0.25, -0.2) is 0 Å². The van der Waals surface area contributed by atoms with Crippen molar-refractivity contribution < 1.29 is 9.53 Å². The molecule has 2 aliphatic rings. The topological polar surface area (TPSA) is 64.4 Å². The Balaban J connectivity index is 1.65. The predicted molar refractivity (Wildman–Crippen MR) is 98.8 cm³/mol. The number of nitrogens with one attached hydrogen (secondary N) is 1. The molecule has 1 amide bonds. The molecule has 3 N–H and O–H groups in total. The van der Waals surface area contributed by atoms with Crippen LogP contribution in [0.5, 0.6) is 0 Å². The predicted octanol–water partition coefficient (Wildman–Crippen LogP) is 3.13. The summed E-state index contributed by atoms with van der Waals surface area (Å²) in [5.74, 6) is 0.486. The summed E-state index contributed by atoms with van der Waals surface area (Å²) in [7, 11) is 0.